The van der Waals surface area contributed by atoms with Crippen molar-refractivity contribution in [3.63, 3.8) is 0 Å². The van der Waals surface area contributed by atoms with Crippen LogP contribution in [0.25, 0.3) is 0 Å². The lowest BCUT2D eigenvalue weighted by molar-refractivity contribution is 0.0315. The van der Waals surface area contributed by atoms with Gasteiger partial charge in [0.25, 0.3) is 0 Å². The summed E-state index contributed by atoms with van der Waals surface area (Å²) >= 11 is 0. The molecule has 0 spiro atoms. The second-order valence-electron chi connectivity index (χ2n) is 7.94. The Morgan fingerprint density at radius 2 is 1.96 bits per heavy atom. The fourth-order valence-corrected chi connectivity index (χ4v) is 4.62. The van der Waals surface area contributed by atoms with Gasteiger partial charge in [-0.2, -0.15) is 0 Å². The number of rotatable bonds is 7. The van der Waals surface area contributed by atoms with Crippen LogP contribution in [-0.4, -0.2) is 95.0 Å². The Morgan fingerprint density at radius 1 is 1.27 bits per heavy atom. The second kappa shape index (κ2) is 9.34. The molecule has 0 saturated carbocycles. The number of likely N-dealkylation sites (tertiary alicyclic amines) is 1. The standard InChI is InChI=1S/C17H35N5O3S/c1-5-18-16(19-14-17(2,3)20-26(4,23)24)22-7-6-15(13-22)12-21-8-10-25-11-9-21/h15,20H,5-14H2,1-4H3,(H,18,19). The van der Waals surface area contributed by atoms with Gasteiger partial charge in [0.2, 0.25) is 10.0 Å². The number of guanidine groups is 1. The fraction of sp³-hybridized carbons (Fsp3) is 0.941. The zero-order valence-corrected chi connectivity index (χ0v) is 17.4. The smallest absolute Gasteiger partial charge is 0.209 e. The van der Waals surface area contributed by atoms with E-state index in [0.29, 0.717) is 12.5 Å². The molecule has 0 radical (unpaired) electrons. The zero-order chi connectivity index (χ0) is 19.2. The molecule has 9 heteroatoms. The van der Waals surface area contributed by atoms with Crippen LogP contribution in [0.3, 0.4) is 0 Å². The maximum absolute atomic E-state index is 11.5. The van der Waals surface area contributed by atoms with Gasteiger partial charge < -0.3 is 15.0 Å². The Kier molecular flexibility index (Phi) is 7.69. The van der Waals surface area contributed by atoms with Gasteiger partial charge in [0.15, 0.2) is 5.96 Å². The molecule has 2 fully saturated rings. The van der Waals surface area contributed by atoms with Gasteiger partial charge >= 0.3 is 0 Å². The van der Waals surface area contributed by atoms with E-state index in [2.05, 4.69) is 26.8 Å². The van der Waals surface area contributed by atoms with Crippen LogP contribution in [0.1, 0.15) is 27.2 Å². The van der Waals surface area contributed by atoms with E-state index in [1.54, 1.807) is 0 Å². The number of nitrogens with one attached hydrogen (secondary N) is 2. The van der Waals surface area contributed by atoms with Crippen molar-refractivity contribution < 1.29 is 13.2 Å². The van der Waals surface area contributed by atoms with Gasteiger partial charge in [-0.1, -0.05) is 0 Å². The van der Waals surface area contributed by atoms with Gasteiger partial charge in [-0.15, -0.1) is 0 Å². The first-order valence-corrected chi connectivity index (χ1v) is 11.4. The first kappa shape index (κ1) is 21.4. The number of sulfonamides is 1. The molecule has 26 heavy (non-hydrogen) atoms. The summed E-state index contributed by atoms with van der Waals surface area (Å²) in [5.74, 6) is 1.51. The molecular formula is C17H35N5O3S. The van der Waals surface area contributed by atoms with Crippen LogP contribution in [0.4, 0.5) is 0 Å². The summed E-state index contributed by atoms with van der Waals surface area (Å²) < 4.78 is 31.1. The first-order valence-electron chi connectivity index (χ1n) is 9.51. The summed E-state index contributed by atoms with van der Waals surface area (Å²) in [6.45, 7) is 13.8. The molecular weight excluding hydrogens is 354 g/mol. The molecule has 1 unspecified atom stereocenters. The van der Waals surface area contributed by atoms with Crippen molar-refractivity contribution in [1.82, 2.24) is 19.8 Å². The van der Waals surface area contributed by atoms with Crippen LogP contribution in [0.15, 0.2) is 4.99 Å². The molecule has 2 heterocycles. The third-order valence-corrected chi connectivity index (χ3v) is 5.55. The highest BCUT2D eigenvalue weighted by Crippen LogP contribution is 2.18. The molecule has 2 N–H and O–H groups in total. The SMILES string of the molecule is CCNC(=NCC(C)(C)NS(C)(=O)=O)N1CCC(CN2CCOCC2)C1. The monoisotopic (exact) mass is 389 g/mol. The molecule has 2 aliphatic heterocycles. The van der Waals surface area contributed by atoms with Gasteiger partial charge in [-0.3, -0.25) is 9.89 Å². The number of nitrogens with zero attached hydrogens (tertiary/aromatic N) is 3. The normalized spacial score (nSPS) is 23.5. The zero-order valence-electron chi connectivity index (χ0n) is 16.6. The van der Waals surface area contributed by atoms with Gasteiger partial charge in [-0.25, -0.2) is 13.1 Å². The molecule has 152 valence electrons. The van der Waals surface area contributed by atoms with Gasteiger partial charge in [-0.05, 0) is 33.1 Å². The largest absolute Gasteiger partial charge is 0.379 e. The Morgan fingerprint density at radius 3 is 2.58 bits per heavy atom. The second-order valence-corrected chi connectivity index (χ2v) is 9.69. The van der Waals surface area contributed by atoms with Crippen LogP contribution >= 0.6 is 0 Å². The van der Waals surface area contributed by atoms with Crippen LogP contribution in [-0.2, 0) is 14.8 Å². The van der Waals surface area contributed by atoms with E-state index in [4.69, 9.17) is 9.73 Å². The highest BCUT2D eigenvalue weighted by Gasteiger charge is 2.28. The van der Waals surface area contributed by atoms with E-state index in [-0.39, 0.29) is 0 Å². The number of morpholine rings is 1. The summed E-state index contributed by atoms with van der Waals surface area (Å²) in [5, 5.41) is 3.35. The molecule has 0 aromatic carbocycles. The fourth-order valence-electron chi connectivity index (χ4n) is 3.56. The van der Waals surface area contributed by atoms with Crippen molar-refractivity contribution in [2.45, 2.75) is 32.7 Å². The first-order chi connectivity index (χ1) is 12.2. The maximum Gasteiger partial charge on any atom is 0.209 e. The van der Waals surface area contributed by atoms with Crippen molar-refractivity contribution in [2.24, 2.45) is 10.9 Å². The summed E-state index contributed by atoms with van der Waals surface area (Å²) in [6, 6.07) is 0. The summed E-state index contributed by atoms with van der Waals surface area (Å²) in [4.78, 5) is 9.49. The molecule has 0 amide bonds. The van der Waals surface area contributed by atoms with Crippen molar-refractivity contribution in [2.75, 3.05) is 65.3 Å². The Labute approximate surface area is 158 Å². The lowest BCUT2D eigenvalue weighted by Gasteiger charge is -2.29. The summed E-state index contributed by atoms with van der Waals surface area (Å²) in [6.07, 6.45) is 2.34. The maximum atomic E-state index is 11.5. The van der Waals surface area contributed by atoms with Crippen molar-refractivity contribution in [1.29, 1.82) is 0 Å². The Balaban J connectivity index is 1.91. The molecule has 2 saturated heterocycles. The van der Waals surface area contributed by atoms with Crippen LogP contribution in [0.2, 0.25) is 0 Å². The predicted molar refractivity (Wildman–Crippen MR) is 105 cm³/mol. The molecule has 2 rings (SSSR count). The summed E-state index contributed by atoms with van der Waals surface area (Å²) in [7, 11) is -3.26. The van der Waals surface area contributed by atoms with E-state index >= 15 is 0 Å². The molecule has 8 nitrogen and oxygen atoms in total. The minimum atomic E-state index is -3.26. The molecule has 1 atom stereocenters. The third kappa shape index (κ3) is 7.38. The van der Waals surface area contributed by atoms with E-state index in [1.165, 1.54) is 6.26 Å². The molecule has 2 aliphatic rings. The van der Waals surface area contributed by atoms with Crippen molar-refractivity contribution >= 4 is 16.0 Å². The lowest BCUT2D eigenvalue weighted by atomic mass is 10.1. The topological polar surface area (TPSA) is 86.3 Å². The summed E-state index contributed by atoms with van der Waals surface area (Å²) in [5.41, 5.74) is -0.610. The molecule has 0 bridgehead atoms. The van der Waals surface area contributed by atoms with Crippen LogP contribution in [0.5, 0.6) is 0 Å². The van der Waals surface area contributed by atoms with Gasteiger partial charge in [0.1, 0.15) is 0 Å². The Bertz CT molecular complexity index is 573. The third-order valence-electron chi connectivity index (χ3n) is 4.63. The quantitative estimate of drug-likeness (QED) is 0.468. The average Bonchev–Trinajstić information content (AvgIpc) is 2.98. The van der Waals surface area contributed by atoms with Gasteiger partial charge in [0, 0.05) is 44.8 Å². The minimum absolute atomic E-state index is 0.396. The van der Waals surface area contributed by atoms with Crippen molar-refractivity contribution in [3.05, 3.63) is 0 Å². The van der Waals surface area contributed by atoms with E-state index in [0.717, 1.165) is 64.9 Å². The number of hydrogen-bond donors (Lipinski definition) is 2. The highest BCUT2D eigenvalue weighted by atomic mass is 32.2. The van der Waals surface area contributed by atoms with Crippen LogP contribution in [0, 0.1) is 5.92 Å². The molecule has 0 aromatic rings. The van der Waals surface area contributed by atoms with E-state index in [9.17, 15) is 8.42 Å². The highest BCUT2D eigenvalue weighted by molar-refractivity contribution is 7.88. The number of ether oxygens (including phenoxy) is 1. The molecule has 0 aliphatic carbocycles. The lowest BCUT2D eigenvalue weighted by Crippen LogP contribution is -2.47. The van der Waals surface area contributed by atoms with Crippen molar-refractivity contribution in [3.8, 4) is 0 Å². The molecule has 0 aromatic heterocycles. The van der Waals surface area contributed by atoms with Gasteiger partial charge in [0.05, 0.1) is 26.0 Å². The predicted octanol–water partition coefficient (Wildman–Crippen LogP) is -0.0662. The minimum Gasteiger partial charge on any atom is -0.379 e. The number of aliphatic imine (C=N–C) groups is 1. The Hall–Kier alpha value is -0.900. The van der Waals surface area contributed by atoms with E-state index < -0.39 is 15.6 Å². The number of hydrogen-bond acceptors (Lipinski definition) is 5. The average molecular weight is 390 g/mol. The van der Waals surface area contributed by atoms with Crippen LogP contribution < -0.4 is 10.0 Å². The van der Waals surface area contributed by atoms with E-state index in [1.807, 2.05) is 13.8 Å².